The lowest BCUT2D eigenvalue weighted by Crippen LogP contribution is -2.64. The third kappa shape index (κ3) is 19.6. The molecule has 3 aliphatic rings. The summed E-state index contributed by atoms with van der Waals surface area (Å²) >= 11 is 9.55. The van der Waals surface area contributed by atoms with Gasteiger partial charge in [-0.1, -0.05) is 107 Å². The van der Waals surface area contributed by atoms with Gasteiger partial charge in [-0.05, 0) is 105 Å². The van der Waals surface area contributed by atoms with E-state index in [1.165, 1.54) is 63.1 Å². The number of hydrogen-bond acceptors (Lipinski definition) is 11. The van der Waals surface area contributed by atoms with Crippen molar-refractivity contribution < 1.29 is 65.9 Å². The van der Waals surface area contributed by atoms with E-state index in [2.05, 4.69) is 37.2 Å². The lowest BCUT2D eigenvalue weighted by molar-refractivity contribution is -0.149. The molecule has 2 heterocycles. The molecule has 5 rings (SSSR count). The predicted octanol–water partition coefficient (Wildman–Crippen LogP) is 5.20. The molecule has 1 saturated carbocycles. The van der Waals surface area contributed by atoms with Crippen LogP contribution in [0.2, 0.25) is 5.02 Å². The first-order valence-electron chi connectivity index (χ1n) is 31.2. The summed E-state index contributed by atoms with van der Waals surface area (Å²) in [7, 11) is 8.35. The first-order valence-corrected chi connectivity index (χ1v) is 32.3. The molecule has 4 N–H and O–H groups in total. The van der Waals surface area contributed by atoms with Gasteiger partial charge in [0.15, 0.2) is 0 Å². The van der Waals surface area contributed by atoms with Crippen LogP contribution in [0.3, 0.4) is 0 Å². The molecule has 504 valence electrons. The highest BCUT2D eigenvalue weighted by molar-refractivity contribution is 9.10. The molecule has 2 aliphatic heterocycles. The number of benzene rings is 2. The number of carbonyl (C=O) groups is 11. The lowest BCUT2D eigenvalue weighted by Gasteiger charge is -2.39. The Labute approximate surface area is 545 Å². The van der Waals surface area contributed by atoms with Gasteiger partial charge in [0, 0.05) is 72.2 Å². The number of nitrogens with one attached hydrogen (secondary N) is 4. The number of likely N-dealkylation sites (N-methyl/N-ethyl adjacent to an activating group) is 6. The molecule has 1 spiro atoms. The largest absolute Gasteiger partial charge is 0.417 e. The van der Waals surface area contributed by atoms with Crippen molar-refractivity contribution in [3.8, 4) is 0 Å². The molecule has 0 radical (unpaired) electrons. The number of fused-ring (bicyclic) bond motifs is 1. The predicted molar refractivity (Wildman–Crippen MR) is 339 cm³/mol. The summed E-state index contributed by atoms with van der Waals surface area (Å²) in [5.74, 6) is -8.26. The van der Waals surface area contributed by atoms with Crippen molar-refractivity contribution in [2.24, 2.45) is 17.8 Å². The van der Waals surface area contributed by atoms with Crippen LogP contribution in [0, 0.1) is 17.8 Å². The summed E-state index contributed by atoms with van der Waals surface area (Å²) in [4.78, 5) is 168. The zero-order valence-electron chi connectivity index (χ0n) is 54.6. The molecule has 91 heavy (non-hydrogen) atoms. The number of halogens is 5. The Bertz CT molecular complexity index is 3000. The van der Waals surface area contributed by atoms with E-state index in [1.54, 1.807) is 52.0 Å². The van der Waals surface area contributed by atoms with Crippen molar-refractivity contribution in [2.75, 3.05) is 68.5 Å². The van der Waals surface area contributed by atoms with E-state index in [1.807, 2.05) is 20.8 Å². The van der Waals surface area contributed by atoms with Gasteiger partial charge >= 0.3 is 6.18 Å². The Morgan fingerprint density at radius 3 is 1.90 bits per heavy atom. The second kappa shape index (κ2) is 32.6. The van der Waals surface area contributed by atoms with E-state index >= 15 is 0 Å². The van der Waals surface area contributed by atoms with E-state index in [9.17, 15) is 65.9 Å². The van der Waals surface area contributed by atoms with Gasteiger partial charge in [-0.15, -0.1) is 0 Å². The van der Waals surface area contributed by atoms with Gasteiger partial charge in [-0.25, -0.2) is 0 Å². The molecular formula is C64H92BrClF3N11O11. The summed E-state index contributed by atoms with van der Waals surface area (Å²) in [6.45, 7) is 10.7. The molecule has 0 bridgehead atoms. The van der Waals surface area contributed by atoms with Crippen molar-refractivity contribution in [2.45, 2.75) is 180 Å². The van der Waals surface area contributed by atoms with Crippen LogP contribution in [0.4, 0.5) is 13.2 Å². The smallest absolute Gasteiger partial charge is 0.351 e. The van der Waals surface area contributed by atoms with Gasteiger partial charge in [-0.2, -0.15) is 13.2 Å². The molecule has 1 aliphatic carbocycles. The number of carbonyl (C=O) groups excluding carboxylic acids is 11. The summed E-state index contributed by atoms with van der Waals surface area (Å²) in [5, 5.41) is 10.9. The summed E-state index contributed by atoms with van der Waals surface area (Å²) in [6, 6.07) is 2.05. The molecule has 1 unspecified atom stereocenters. The molecular weight excluding hydrogens is 1270 g/mol. The fourth-order valence-electron chi connectivity index (χ4n) is 12.2. The number of nitrogens with zero attached hydrogens (tertiary/aromatic N) is 7. The summed E-state index contributed by atoms with van der Waals surface area (Å²) < 4.78 is 42.0. The van der Waals surface area contributed by atoms with E-state index < -0.39 is 161 Å². The van der Waals surface area contributed by atoms with Crippen LogP contribution in [-0.4, -0.2) is 216 Å². The van der Waals surface area contributed by atoms with Crippen LogP contribution in [0.25, 0.3) is 0 Å². The highest BCUT2D eigenvalue weighted by Gasteiger charge is 2.49. The molecule has 2 aromatic rings. The monoisotopic (exact) mass is 1360 g/mol. The molecule has 2 aromatic carbocycles. The third-order valence-corrected chi connectivity index (χ3v) is 18.5. The van der Waals surface area contributed by atoms with E-state index in [4.69, 9.17) is 11.6 Å². The maximum absolute atomic E-state index is 15.0. The Morgan fingerprint density at radius 2 is 1.31 bits per heavy atom. The maximum Gasteiger partial charge on any atom is 0.417 e. The number of amides is 11. The minimum absolute atomic E-state index is 0.0399. The molecule has 3 fully saturated rings. The lowest BCUT2D eigenvalue weighted by atomic mass is 9.92. The zero-order chi connectivity index (χ0) is 68.1. The standard InChI is InChI=1S/C64H92BrClF3N11O11/c1-14-39(6)54-61(90)76(10)35-52(83)74(8)36-53(84)78(12)49(33-42-19-17-20-43(65)31-42)60(89)75(9)34-50(81)71-46(25-23-41-22-24-44(45(66)32-41)64(67,68)69)59(88)80-28-18-21-47(80)57(86)73-63(26-15-16-27-63)62(91)79(13)55(38(4)5)58(87)70-40(7)30-51(82)77(11)48(29-37(2)3)56(85)72-54/h17,19-20,22,24,31-32,37-40,46-49,54-55H,14-16,18,21,23,25-30,33-36H2,1-13H3,(H,70,87)(H,71,81)(H,72,85)(H,73,86)/t39-,40+,46-,47?,48-,49-,54-,55-/m0/s1. The first kappa shape index (κ1) is 74.9. The summed E-state index contributed by atoms with van der Waals surface area (Å²) in [5.41, 5.74) is -1.69. The molecule has 8 atom stereocenters. The Morgan fingerprint density at radius 1 is 0.681 bits per heavy atom. The second-order valence-corrected chi connectivity index (χ2v) is 27.0. The van der Waals surface area contributed by atoms with Crippen LogP contribution >= 0.6 is 27.5 Å². The zero-order valence-corrected chi connectivity index (χ0v) is 57.0. The molecule has 11 amide bonds. The highest BCUT2D eigenvalue weighted by atomic mass is 79.9. The fourth-order valence-corrected chi connectivity index (χ4v) is 12.9. The van der Waals surface area contributed by atoms with Gasteiger partial charge in [0.2, 0.25) is 65.0 Å². The number of aryl methyl sites for hydroxylation is 1. The van der Waals surface area contributed by atoms with Crippen molar-refractivity contribution >= 4 is 92.5 Å². The molecule has 22 nitrogen and oxygen atoms in total. The van der Waals surface area contributed by atoms with Gasteiger partial charge in [-0.3, -0.25) is 52.7 Å². The van der Waals surface area contributed by atoms with Crippen molar-refractivity contribution in [1.29, 1.82) is 0 Å². The normalized spacial score (nSPS) is 24.9. The van der Waals surface area contributed by atoms with Crippen LogP contribution in [0.1, 0.15) is 129 Å². The van der Waals surface area contributed by atoms with Gasteiger partial charge in [0.05, 0.1) is 30.2 Å². The van der Waals surface area contributed by atoms with Gasteiger partial charge in [0.1, 0.15) is 41.8 Å². The van der Waals surface area contributed by atoms with E-state index in [0.717, 1.165) is 31.7 Å². The van der Waals surface area contributed by atoms with E-state index in [0.29, 0.717) is 41.3 Å². The SMILES string of the molecule is CC[C@H](C)[C@@H]1NC(=O)[C@H](CC(C)C)N(C)C(=O)C[C@@H](C)NC(=O)[C@H](C(C)C)N(C)C(=O)C2(CCCC2)NC(=O)C2CCCN2C(=O)[C@H](CCc2ccc(C(F)(F)F)c(Cl)c2)NC(=O)CN(C)C(=O)[C@H](Cc2cccc(Br)c2)N(C)C(=O)CN(C)C(=O)CN(C)C1=O. The Balaban J connectivity index is 1.56. The van der Waals surface area contributed by atoms with Crippen LogP contribution in [0.5, 0.6) is 0 Å². The van der Waals surface area contributed by atoms with Gasteiger partial charge < -0.3 is 55.6 Å². The minimum Gasteiger partial charge on any atom is -0.351 e. The quantitative estimate of drug-likeness (QED) is 0.240. The number of rotatable bonds is 10. The third-order valence-electron chi connectivity index (χ3n) is 17.7. The molecule has 0 aromatic heterocycles. The molecule has 2 saturated heterocycles. The topological polar surface area (TPSA) is 259 Å². The number of alkyl halides is 3. The highest BCUT2D eigenvalue weighted by Crippen LogP contribution is 2.36. The van der Waals surface area contributed by atoms with Crippen molar-refractivity contribution in [3.63, 3.8) is 0 Å². The Hall–Kier alpha value is -6.83. The minimum atomic E-state index is -4.76. The second-order valence-electron chi connectivity index (χ2n) is 25.7. The average molecular weight is 1360 g/mol. The first-order chi connectivity index (χ1) is 42.5. The van der Waals surface area contributed by atoms with Crippen molar-refractivity contribution in [1.82, 2.24) is 55.6 Å². The average Bonchev–Trinajstić information content (AvgIpc) is 1.75. The van der Waals surface area contributed by atoms with E-state index in [-0.39, 0.29) is 63.8 Å². The molecule has 27 heteroatoms. The number of hydrogen-bond donors (Lipinski definition) is 4. The summed E-state index contributed by atoms with van der Waals surface area (Å²) in [6.07, 6.45) is -2.81. The van der Waals surface area contributed by atoms with Crippen LogP contribution in [-0.2, 0) is 71.8 Å². The van der Waals surface area contributed by atoms with Crippen molar-refractivity contribution in [3.05, 3.63) is 68.7 Å². The Kier molecular flexibility index (Phi) is 26.9. The maximum atomic E-state index is 15.0. The van der Waals surface area contributed by atoms with Gasteiger partial charge in [0.25, 0.3) is 0 Å². The van der Waals surface area contributed by atoms with Crippen LogP contribution < -0.4 is 21.3 Å². The fraction of sp³-hybridized carbons (Fsp3) is 0.641. The van der Waals surface area contributed by atoms with Crippen LogP contribution in [0.15, 0.2) is 46.9 Å².